The summed E-state index contributed by atoms with van der Waals surface area (Å²) in [4.78, 5) is 15.4. The molecule has 0 aliphatic carbocycles. The molecule has 0 atom stereocenters. The third kappa shape index (κ3) is 5.28. The van der Waals surface area contributed by atoms with Crippen LogP contribution >= 0.6 is 11.6 Å². The van der Waals surface area contributed by atoms with Crippen LogP contribution in [0.1, 0.15) is 27.0 Å². The number of pyridine rings is 1. The summed E-state index contributed by atoms with van der Waals surface area (Å²) in [6.07, 6.45) is -4.17. The standard InChI is InChI=1S/C22H18ClF3N2O4S/c1-14-10-16(21(29)32-2)8-9-19(14)33(30,31)28(13-15-6-4-3-5-7-15)20-18(23)11-17(12-27-20)22(24,25)26/h3-12H,13H2,1-2H3. The molecule has 0 aliphatic heterocycles. The fourth-order valence-corrected chi connectivity index (χ4v) is 5.05. The number of aromatic nitrogens is 1. The molecule has 2 aromatic carbocycles. The van der Waals surface area contributed by atoms with Gasteiger partial charge in [-0.3, -0.25) is 0 Å². The highest BCUT2D eigenvalue weighted by Crippen LogP contribution is 2.36. The summed E-state index contributed by atoms with van der Waals surface area (Å²) < 4.78 is 71.9. The van der Waals surface area contributed by atoms with E-state index in [2.05, 4.69) is 9.72 Å². The average Bonchev–Trinajstić information content (AvgIpc) is 2.77. The van der Waals surface area contributed by atoms with Crippen LogP contribution < -0.4 is 4.31 Å². The lowest BCUT2D eigenvalue weighted by Gasteiger charge is -2.26. The lowest BCUT2D eigenvalue weighted by molar-refractivity contribution is -0.137. The van der Waals surface area contributed by atoms with E-state index in [1.54, 1.807) is 30.3 Å². The molecule has 1 aromatic heterocycles. The zero-order valence-electron chi connectivity index (χ0n) is 17.4. The molecular weight excluding hydrogens is 481 g/mol. The van der Waals surface area contributed by atoms with Crippen molar-refractivity contribution in [3.05, 3.63) is 88.1 Å². The molecule has 1 heterocycles. The van der Waals surface area contributed by atoms with Crippen LogP contribution in [0.2, 0.25) is 5.02 Å². The average molecular weight is 499 g/mol. The molecule has 33 heavy (non-hydrogen) atoms. The maximum atomic E-state index is 13.6. The van der Waals surface area contributed by atoms with E-state index in [1.807, 2.05) is 0 Å². The molecule has 0 amide bonds. The third-order valence-corrected chi connectivity index (χ3v) is 6.89. The Morgan fingerprint density at radius 2 is 1.79 bits per heavy atom. The molecule has 0 bridgehead atoms. The highest BCUT2D eigenvalue weighted by molar-refractivity contribution is 7.92. The maximum Gasteiger partial charge on any atom is 0.417 e. The number of hydrogen-bond donors (Lipinski definition) is 0. The van der Waals surface area contributed by atoms with E-state index in [4.69, 9.17) is 11.6 Å². The van der Waals surface area contributed by atoms with Gasteiger partial charge in [-0.1, -0.05) is 41.9 Å². The number of hydrogen-bond acceptors (Lipinski definition) is 5. The molecule has 6 nitrogen and oxygen atoms in total. The van der Waals surface area contributed by atoms with Gasteiger partial charge in [0, 0.05) is 6.20 Å². The lowest BCUT2D eigenvalue weighted by atomic mass is 10.1. The minimum absolute atomic E-state index is 0.147. The molecule has 174 valence electrons. The van der Waals surface area contributed by atoms with Gasteiger partial charge >= 0.3 is 12.1 Å². The number of methoxy groups -OCH3 is 1. The van der Waals surface area contributed by atoms with E-state index in [1.165, 1.54) is 32.2 Å². The van der Waals surface area contributed by atoms with E-state index in [0.717, 1.165) is 4.31 Å². The van der Waals surface area contributed by atoms with Crippen molar-refractivity contribution in [2.24, 2.45) is 0 Å². The monoisotopic (exact) mass is 498 g/mol. The zero-order chi connectivity index (χ0) is 24.4. The molecule has 0 fully saturated rings. The quantitative estimate of drug-likeness (QED) is 0.434. The van der Waals surface area contributed by atoms with Crippen LogP contribution in [0.25, 0.3) is 0 Å². The summed E-state index contributed by atoms with van der Waals surface area (Å²) in [5.74, 6) is -0.999. The van der Waals surface area contributed by atoms with Crippen molar-refractivity contribution in [3.63, 3.8) is 0 Å². The number of ether oxygens (including phenoxy) is 1. The van der Waals surface area contributed by atoms with E-state index < -0.39 is 32.8 Å². The highest BCUT2D eigenvalue weighted by atomic mass is 35.5. The Balaban J connectivity index is 2.15. The first-order valence-electron chi connectivity index (χ1n) is 9.43. The smallest absolute Gasteiger partial charge is 0.417 e. The van der Waals surface area contributed by atoms with Crippen molar-refractivity contribution >= 4 is 33.4 Å². The molecule has 0 saturated heterocycles. The molecule has 0 unspecified atom stereocenters. The number of carbonyl (C=O) groups is 1. The first kappa shape index (κ1) is 24.5. The van der Waals surface area contributed by atoms with Gasteiger partial charge in [-0.05, 0) is 42.3 Å². The topological polar surface area (TPSA) is 76.6 Å². The van der Waals surface area contributed by atoms with Crippen LogP contribution in [0.3, 0.4) is 0 Å². The van der Waals surface area contributed by atoms with Crippen molar-refractivity contribution in [1.82, 2.24) is 4.98 Å². The molecular formula is C22H18ClF3N2O4S. The second-order valence-electron chi connectivity index (χ2n) is 7.00. The summed E-state index contributed by atoms with van der Waals surface area (Å²) in [6.45, 7) is 1.25. The van der Waals surface area contributed by atoms with E-state index in [9.17, 15) is 26.4 Å². The Bertz CT molecular complexity index is 1280. The number of rotatable bonds is 6. The predicted molar refractivity (Wildman–Crippen MR) is 117 cm³/mol. The largest absolute Gasteiger partial charge is 0.465 e. The number of nitrogens with zero attached hydrogens (tertiary/aromatic N) is 2. The number of sulfonamides is 1. The van der Waals surface area contributed by atoms with Crippen LogP contribution in [0.5, 0.6) is 0 Å². The van der Waals surface area contributed by atoms with Gasteiger partial charge in [-0.15, -0.1) is 0 Å². The van der Waals surface area contributed by atoms with Crippen molar-refractivity contribution in [3.8, 4) is 0 Å². The molecule has 0 radical (unpaired) electrons. The Hall–Kier alpha value is -3.11. The summed E-state index contributed by atoms with van der Waals surface area (Å²) in [6, 6.07) is 12.9. The van der Waals surface area contributed by atoms with Gasteiger partial charge in [0.1, 0.15) is 0 Å². The van der Waals surface area contributed by atoms with Gasteiger partial charge in [0.25, 0.3) is 10.0 Å². The molecule has 3 aromatic rings. The van der Waals surface area contributed by atoms with Crippen molar-refractivity contribution in [2.45, 2.75) is 24.5 Å². The second-order valence-corrected chi connectivity index (χ2v) is 9.23. The molecule has 0 spiro atoms. The maximum absolute atomic E-state index is 13.6. The predicted octanol–water partition coefficient (Wildman–Crippen LogP) is 5.24. The van der Waals surface area contributed by atoms with Crippen LogP contribution in [0.15, 0.2) is 65.7 Å². The van der Waals surface area contributed by atoms with Crippen LogP contribution in [-0.4, -0.2) is 26.5 Å². The number of anilines is 1. The normalized spacial score (nSPS) is 11.8. The van der Waals surface area contributed by atoms with Crippen molar-refractivity contribution in [2.75, 3.05) is 11.4 Å². The summed E-state index contributed by atoms with van der Waals surface area (Å²) >= 11 is 6.09. The second kappa shape index (κ2) is 9.40. The molecule has 0 saturated carbocycles. The fourth-order valence-electron chi connectivity index (χ4n) is 3.09. The number of benzene rings is 2. The van der Waals surface area contributed by atoms with Gasteiger partial charge in [0.15, 0.2) is 5.82 Å². The minimum atomic E-state index is -4.70. The van der Waals surface area contributed by atoms with Crippen LogP contribution in [-0.2, 0) is 27.5 Å². The number of esters is 1. The van der Waals surface area contributed by atoms with E-state index >= 15 is 0 Å². The Kier molecular flexibility index (Phi) is 6.99. The van der Waals surface area contributed by atoms with Gasteiger partial charge < -0.3 is 4.74 Å². The third-order valence-electron chi connectivity index (χ3n) is 4.72. The number of aryl methyl sites for hydroxylation is 1. The summed E-state index contributed by atoms with van der Waals surface area (Å²) in [7, 11) is -3.15. The lowest BCUT2D eigenvalue weighted by Crippen LogP contribution is -2.32. The van der Waals surface area contributed by atoms with Crippen LogP contribution in [0.4, 0.5) is 19.0 Å². The van der Waals surface area contributed by atoms with Gasteiger partial charge in [-0.25, -0.2) is 22.5 Å². The fraction of sp³-hybridized carbons (Fsp3) is 0.182. The Morgan fingerprint density at radius 3 is 2.33 bits per heavy atom. The number of alkyl halides is 3. The van der Waals surface area contributed by atoms with Gasteiger partial charge in [0.2, 0.25) is 0 Å². The molecule has 0 N–H and O–H groups in total. The Morgan fingerprint density at radius 1 is 1.12 bits per heavy atom. The number of halogens is 4. The first-order chi connectivity index (χ1) is 15.4. The Labute approximate surface area is 193 Å². The number of carbonyl (C=O) groups excluding carboxylic acids is 1. The van der Waals surface area contributed by atoms with Gasteiger partial charge in [0.05, 0.1) is 34.7 Å². The molecule has 3 rings (SSSR count). The minimum Gasteiger partial charge on any atom is -0.465 e. The van der Waals surface area contributed by atoms with E-state index in [-0.39, 0.29) is 28.4 Å². The van der Waals surface area contributed by atoms with Crippen molar-refractivity contribution in [1.29, 1.82) is 0 Å². The molecule has 11 heteroatoms. The highest BCUT2D eigenvalue weighted by Gasteiger charge is 2.34. The zero-order valence-corrected chi connectivity index (χ0v) is 19.0. The van der Waals surface area contributed by atoms with E-state index in [0.29, 0.717) is 17.8 Å². The summed E-state index contributed by atoms with van der Waals surface area (Å²) in [5, 5.41) is -0.479. The SMILES string of the molecule is COC(=O)c1ccc(S(=O)(=O)N(Cc2ccccc2)c2ncc(C(F)(F)F)cc2Cl)c(C)c1. The van der Waals surface area contributed by atoms with Crippen LogP contribution in [0, 0.1) is 6.92 Å². The van der Waals surface area contributed by atoms with Gasteiger partial charge in [-0.2, -0.15) is 13.2 Å². The summed E-state index contributed by atoms with van der Waals surface area (Å²) in [5.41, 5.74) is -0.164. The molecule has 0 aliphatic rings. The first-order valence-corrected chi connectivity index (χ1v) is 11.3. The van der Waals surface area contributed by atoms with Crippen molar-refractivity contribution < 1.29 is 31.1 Å².